The molecule has 0 unspecified atom stereocenters. The van der Waals surface area contributed by atoms with E-state index in [1.807, 2.05) is 0 Å². The normalized spacial score (nSPS) is 11.9. The fourth-order valence-corrected chi connectivity index (χ4v) is 7.86. The van der Waals surface area contributed by atoms with Crippen LogP contribution in [0.2, 0.25) is 0 Å². The molecule has 0 amide bonds. The number of carbonyl (C=O) groups is 3. The summed E-state index contributed by atoms with van der Waals surface area (Å²) >= 11 is 0. The predicted octanol–water partition coefficient (Wildman–Crippen LogP) is 16.7. The first-order valence-electron chi connectivity index (χ1n) is 25.9. The van der Waals surface area contributed by atoms with Gasteiger partial charge in [0, 0.05) is 19.3 Å². The molecule has 0 heterocycles. The Morgan fingerprint density at radius 2 is 0.569 bits per heavy atom. The predicted molar refractivity (Wildman–Crippen MR) is 247 cm³/mol. The van der Waals surface area contributed by atoms with Crippen molar-refractivity contribution in [3.63, 3.8) is 0 Å². The van der Waals surface area contributed by atoms with Gasteiger partial charge >= 0.3 is 17.9 Å². The van der Waals surface area contributed by atoms with Crippen LogP contribution in [0.4, 0.5) is 0 Å². The van der Waals surface area contributed by atoms with Crippen molar-refractivity contribution in [1.82, 2.24) is 0 Å². The van der Waals surface area contributed by atoms with Crippen LogP contribution in [0.25, 0.3) is 0 Å². The number of rotatable bonds is 47. The standard InChI is InChI=1S/C52H100O6/c1-5-7-9-11-13-15-17-19-20-21-22-23-25-27-33-37-41-45-52(55)58-49(47-57-51(54)44-40-36-32-29-28-30-34-38-42-48(3)4)46-56-50(53)43-39-35-31-26-24-18-16-14-12-10-8-6-2/h48-49H,5-47H2,1-4H3/t49-/m0/s1. The maximum absolute atomic E-state index is 12.8. The molecule has 0 fully saturated rings. The summed E-state index contributed by atoms with van der Waals surface area (Å²) in [7, 11) is 0. The van der Waals surface area contributed by atoms with E-state index in [0.29, 0.717) is 19.3 Å². The van der Waals surface area contributed by atoms with Gasteiger partial charge in [-0.2, -0.15) is 0 Å². The molecule has 6 nitrogen and oxygen atoms in total. The molecule has 0 aromatic rings. The Kier molecular flexibility index (Phi) is 45.2. The molecule has 1 atom stereocenters. The molecule has 0 aliphatic rings. The van der Waals surface area contributed by atoms with Crippen molar-refractivity contribution >= 4 is 17.9 Å². The van der Waals surface area contributed by atoms with Crippen LogP contribution >= 0.6 is 0 Å². The van der Waals surface area contributed by atoms with Crippen LogP contribution in [0.5, 0.6) is 0 Å². The number of unbranched alkanes of at least 4 members (excludes halogenated alkanes) is 34. The molecule has 0 aliphatic carbocycles. The van der Waals surface area contributed by atoms with E-state index >= 15 is 0 Å². The quantitative estimate of drug-likeness (QED) is 0.0346. The fraction of sp³-hybridized carbons (Fsp3) is 0.942. The van der Waals surface area contributed by atoms with Gasteiger partial charge in [0.05, 0.1) is 0 Å². The Hall–Kier alpha value is -1.59. The van der Waals surface area contributed by atoms with E-state index in [0.717, 1.165) is 63.7 Å². The Balaban J connectivity index is 4.29. The lowest BCUT2D eigenvalue weighted by molar-refractivity contribution is -0.167. The van der Waals surface area contributed by atoms with Crippen LogP contribution in [-0.2, 0) is 28.6 Å². The summed E-state index contributed by atoms with van der Waals surface area (Å²) in [6.45, 7) is 8.99. The van der Waals surface area contributed by atoms with Gasteiger partial charge in [-0.3, -0.25) is 14.4 Å². The Morgan fingerprint density at radius 1 is 0.328 bits per heavy atom. The van der Waals surface area contributed by atoms with Crippen molar-refractivity contribution in [1.29, 1.82) is 0 Å². The van der Waals surface area contributed by atoms with Gasteiger partial charge in [-0.1, -0.05) is 252 Å². The molecule has 0 bridgehead atoms. The van der Waals surface area contributed by atoms with Crippen molar-refractivity contribution < 1.29 is 28.6 Å². The van der Waals surface area contributed by atoms with Crippen molar-refractivity contribution in [2.75, 3.05) is 13.2 Å². The summed E-state index contributed by atoms with van der Waals surface area (Å²) < 4.78 is 16.8. The third-order valence-corrected chi connectivity index (χ3v) is 11.8. The third-order valence-electron chi connectivity index (χ3n) is 11.8. The summed E-state index contributed by atoms with van der Waals surface area (Å²) in [6.07, 6.45) is 48.0. The number of esters is 3. The second-order valence-electron chi connectivity index (χ2n) is 18.3. The molecule has 0 N–H and O–H groups in total. The van der Waals surface area contributed by atoms with E-state index in [-0.39, 0.29) is 31.1 Å². The molecule has 0 saturated carbocycles. The van der Waals surface area contributed by atoms with E-state index in [1.54, 1.807) is 0 Å². The average molecular weight is 821 g/mol. The molecule has 0 aliphatic heterocycles. The highest BCUT2D eigenvalue weighted by Crippen LogP contribution is 2.17. The molecule has 0 saturated heterocycles. The summed E-state index contributed by atoms with van der Waals surface area (Å²) in [5.74, 6) is -0.0501. The zero-order valence-corrected chi connectivity index (χ0v) is 39.5. The second kappa shape index (κ2) is 46.5. The topological polar surface area (TPSA) is 78.9 Å². The minimum atomic E-state index is -0.760. The Labute approximate surface area is 361 Å². The number of hydrogen-bond acceptors (Lipinski definition) is 6. The van der Waals surface area contributed by atoms with E-state index < -0.39 is 6.10 Å². The molecular weight excluding hydrogens is 721 g/mol. The third kappa shape index (κ3) is 45.5. The van der Waals surface area contributed by atoms with Crippen LogP contribution < -0.4 is 0 Å². The molecule has 344 valence electrons. The highest BCUT2D eigenvalue weighted by Gasteiger charge is 2.19. The molecule has 6 heteroatoms. The summed E-state index contributed by atoms with van der Waals surface area (Å²) in [5.41, 5.74) is 0. The lowest BCUT2D eigenvalue weighted by Gasteiger charge is -2.18. The minimum Gasteiger partial charge on any atom is -0.462 e. The Bertz CT molecular complexity index is 872. The maximum Gasteiger partial charge on any atom is 0.306 e. The molecule has 0 aromatic heterocycles. The monoisotopic (exact) mass is 821 g/mol. The van der Waals surface area contributed by atoms with E-state index in [2.05, 4.69) is 27.7 Å². The first kappa shape index (κ1) is 56.4. The number of hydrogen-bond donors (Lipinski definition) is 0. The van der Waals surface area contributed by atoms with Crippen LogP contribution in [0, 0.1) is 5.92 Å². The summed E-state index contributed by atoms with van der Waals surface area (Å²) in [4.78, 5) is 37.9. The summed E-state index contributed by atoms with van der Waals surface area (Å²) in [5, 5.41) is 0. The van der Waals surface area contributed by atoms with E-state index in [1.165, 1.54) is 186 Å². The van der Waals surface area contributed by atoms with Crippen LogP contribution in [0.3, 0.4) is 0 Å². The van der Waals surface area contributed by atoms with E-state index in [4.69, 9.17) is 14.2 Å². The molecule has 58 heavy (non-hydrogen) atoms. The van der Waals surface area contributed by atoms with Gasteiger partial charge in [-0.05, 0) is 25.2 Å². The highest BCUT2D eigenvalue weighted by molar-refractivity contribution is 5.71. The maximum atomic E-state index is 12.8. The number of carbonyl (C=O) groups excluding carboxylic acids is 3. The van der Waals surface area contributed by atoms with Gasteiger partial charge in [-0.15, -0.1) is 0 Å². The average Bonchev–Trinajstić information content (AvgIpc) is 3.21. The van der Waals surface area contributed by atoms with Gasteiger partial charge in [-0.25, -0.2) is 0 Å². The SMILES string of the molecule is CCCCCCCCCCCCCCCCCCCC(=O)O[C@@H](COC(=O)CCCCCCCCCCCCCC)COC(=O)CCCCCCCCCCC(C)C. The van der Waals surface area contributed by atoms with Crippen molar-refractivity contribution in [2.45, 2.75) is 297 Å². The molecule has 0 aromatic carbocycles. The van der Waals surface area contributed by atoms with Crippen molar-refractivity contribution in [3.8, 4) is 0 Å². The zero-order valence-electron chi connectivity index (χ0n) is 39.5. The smallest absolute Gasteiger partial charge is 0.306 e. The zero-order chi connectivity index (χ0) is 42.4. The van der Waals surface area contributed by atoms with Gasteiger partial charge in [0.15, 0.2) is 6.10 Å². The second-order valence-corrected chi connectivity index (χ2v) is 18.3. The van der Waals surface area contributed by atoms with Gasteiger partial charge in [0.1, 0.15) is 13.2 Å². The van der Waals surface area contributed by atoms with Gasteiger partial charge in [0.2, 0.25) is 0 Å². The molecule has 0 rings (SSSR count). The van der Waals surface area contributed by atoms with Crippen LogP contribution in [0.15, 0.2) is 0 Å². The van der Waals surface area contributed by atoms with Crippen LogP contribution in [0.1, 0.15) is 291 Å². The van der Waals surface area contributed by atoms with E-state index in [9.17, 15) is 14.4 Å². The lowest BCUT2D eigenvalue weighted by Crippen LogP contribution is -2.30. The van der Waals surface area contributed by atoms with Gasteiger partial charge < -0.3 is 14.2 Å². The Morgan fingerprint density at radius 3 is 0.845 bits per heavy atom. The summed E-state index contributed by atoms with van der Waals surface area (Å²) in [6, 6.07) is 0. The van der Waals surface area contributed by atoms with Gasteiger partial charge in [0.25, 0.3) is 0 Å². The molecule has 0 radical (unpaired) electrons. The molecular formula is C52H100O6. The fourth-order valence-electron chi connectivity index (χ4n) is 7.86. The first-order valence-corrected chi connectivity index (χ1v) is 25.9. The first-order chi connectivity index (χ1) is 28.4. The molecule has 0 spiro atoms. The van der Waals surface area contributed by atoms with Crippen LogP contribution in [-0.4, -0.2) is 37.2 Å². The highest BCUT2D eigenvalue weighted by atomic mass is 16.6. The van der Waals surface area contributed by atoms with Crippen molar-refractivity contribution in [3.05, 3.63) is 0 Å². The number of ether oxygens (including phenoxy) is 3. The minimum absolute atomic E-state index is 0.0632. The lowest BCUT2D eigenvalue weighted by atomic mass is 10.0. The largest absolute Gasteiger partial charge is 0.462 e. The van der Waals surface area contributed by atoms with Crippen molar-refractivity contribution in [2.24, 2.45) is 5.92 Å².